The standard InChI is InChI=1S/C24H20O4/c1-3-27-19-13-14-20-21(15-19)28-24(25)23(17-9-11-18(26-2)12-10-17)22(20)16-7-5-4-6-8-16/h4-15H,3H2,1-2H3. The molecule has 0 N–H and O–H groups in total. The minimum Gasteiger partial charge on any atom is -0.497 e. The molecule has 4 aromatic rings. The summed E-state index contributed by atoms with van der Waals surface area (Å²) < 4.78 is 16.5. The van der Waals surface area contributed by atoms with Crippen molar-refractivity contribution in [3.63, 3.8) is 0 Å². The minimum atomic E-state index is -0.384. The number of hydrogen-bond donors (Lipinski definition) is 0. The first-order chi connectivity index (χ1) is 13.7. The van der Waals surface area contributed by atoms with Gasteiger partial charge in [-0.05, 0) is 42.3 Å². The molecule has 4 heteroatoms. The Kier molecular flexibility index (Phi) is 4.85. The highest BCUT2D eigenvalue weighted by Crippen LogP contribution is 2.37. The van der Waals surface area contributed by atoms with Gasteiger partial charge in [0.2, 0.25) is 0 Å². The van der Waals surface area contributed by atoms with Crippen molar-refractivity contribution in [1.29, 1.82) is 0 Å². The van der Waals surface area contributed by atoms with Crippen LogP contribution in [0.2, 0.25) is 0 Å². The zero-order chi connectivity index (χ0) is 19.5. The Balaban J connectivity index is 2.04. The van der Waals surface area contributed by atoms with Crippen molar-refractivity contribution in [2.24, 2.45) is 0 Å². The van der Waals surface area contributed by atoms with Crippen LogP contribution in [-0.4, -0.2) is 13.7 Å². The van der Waals surface area contributed by atoms with Crippen LogP contribution < -0.4 is 15.1 Å². The van der Waals surface area contributed by atoms with Gasteiger partial charge in [0.05, 0.1) is 19.3 Å². The van der Waals surface area contributed by atoms with E-state index >= 15 is 0 Å². The maximum absolute atomic E-state index is 13.0. The first-order valence-corrected chi connectivity index (χ1v) is 9.14. The highest BCUT2D eigenvalue weighted by Gasteiger charge is 2.18. The van der Waals surface area contributed by atoms with Crippen molar-refractivity contribution in [2.75, 3.05) is 13.7 Å². The topological polar surface area (TPSA) is 48.7 Å². The van der Waals surface area contributed by atoms with E-state index in [4.69, 9.17) is 13.9 Å². The molecule has 1 aromatic heterocycles. The maximum Gasteiger partial charge on any atom is 0.344 e. The van der Waals surface area contributed by atoms with Gasteiger partial charge in [0.15, 0.2) is 0 Å². The summed E-state index contributed by atoms with van der Waals surface area (Å²) in [5.74, 6) is 1.41. The van der Waals surface area contributed by atoms with Crippen LogP contribution in [0.5, 0.6) is 11.5 Å². The second-order valence-electron chi connectivity index (χ2n) is 6.33. The van der Waals surface area contributed by atoms with E-state index in [9.17, 15) is 4.79 Å². The van der Waals surface area contributed by atoms with Crippen LogP contribution in [0.4, 0.5) is 0 Å². The normalized spacial score (nSPS) is 10.8. The summed E-state index contributed by atoms with van der Waals surface area (Å²) in [6.07, 6.45) is 0. The zero-order valence-corrected chi connectivity index (χ0v) is 15.8. The molecule has 0 fully saturated rings. The molecule has 3 aromatic carbocycles. The Morgan fingerprint density at radius 3 is 2.18 bits per heavy atom. The smallest absolute Gasteiger partial charge is 0.344 e. The Bertz CT molecular complexity index is 1160. The second-order valence-corrected chi connectivity index (χ2v) is 6.33. The van der Waals surface area contributed by atoms with Crippen molar-refractivity contribution in [2.45, 2.75) is 6.92 Å². The lowest BCUT2D eigenvalue weighted by Crippen LogP contribution is -2.06. The third-order valence-corrected chi connectivity index (χ3v) is 4.63. The number of methoxy groups -OCH3 is 1. The predicted molar refractivity (Wildman–Crippen MR) is 111 cm³/mol. The summed E-state index contributed by atoms with van der Waals surface area (Å²) in [7, 11) is 1.62. The van der Waals surface area contributed by atoms with E-state index in [1.807, 2.05) is 73.7 Å². The number of benzene rings is 3. The van der Waals surface area contributed by atoms with E-state index in [0.29, 0.717) is 23.5 Å². The second kappa shape index (κ2) is 7.61. The molecule has 0 aliphatic rings. The quantitative estimate of drug-likeness (QED) is 0.432. The average Bonchev–Trinajstić information content (AvgIpc) is 2.73. The maximum atomic E-state index is 13.0. The van der Waals surface area contributed by atoms with Crippen LogP contribution in [0.1, 0.15) is 6.92 Å². The molecule has 0 bridgehead atoms. The van der Waals surface area contributed by atoms with E-state index in [-0.39, 0.29) is 5.63 Å². The van der Waals surface area contributed by atoms with Crippen molar-refractivity contribution >= 4 is 11.0 Å². The minimum absolute atomic E-state index is 0.384. The summed E-state index contributed by atoms with van der Waals surface area (Å²) >= 11 is 0. The fourth-order valence-electron chi connectivity index (χ4n) is 3.36. The largest absolute Gasteiger partial charge is 0.497 e. The van der Waals surface area contributed by atoms with Crippen molar-refractivity contribution in [3.8, 4) is 33.8 Å². The van der Waals surface area contributed by atoms with E-state index in [0.717, 1.165) is 27.8 Å². The molecular weight excluding hydrogens is 352 g/mol. The van der Waals surface area contributed by atoms with Gasteiger partial charge in [0, 0.05) is 17.0 Å². The third-order valence-electron chi connectivity index (χ3n) is 4.63. The SMILES string of the molecule is CCOc1ccc2c(-c3ccccc3)c(-c3ccc(OC)cc3)c(=O)oc2c1. The number of ether oxygens (including phenoxy) is 2. The van der Waals surface area contributed by atoms with Gasteiger partial charge in [-0.1, -0.05) is 42.5 Å². The van der Waals surface area contributed by atoms with Gasteiger partial charge < -0.3 is 13.9 Å². The summed E-state index contributed by atoms with van der Waals surface area (Å²) in [5.41, 5.74) is 3.24. The third kappa shape index (κ3) is 3.25. The van der Waals surface area contributed by atoms with Gasteiger partial charge in [-0.2, -0.15) is 0 Å². The lowest BCUT2D eigenvalue weighted by Gasteiger charge is -2.13. The van der Waals surface area contributed by atoms with Crippen LogP contribution in [0.15, 0.2) is 82.0 Å². The molecule has 0 spiro atoms. The summed E-state index contributed by atoms with van der Waals surface area (Å²) in [6.45, 7) is 2.47. The fraction of sp³-hybridized carbons (Fsp3) is 0.125. The Morgan fingerprint density at radius 2 is 1.50 bits per heavy atom. The monoisotopic (exact) mass is 372 g/mol. The van der Waals surface area contributed by atoms with Gasteiger partial charge in [-0.3, -0.25) is 0 Å². The zero-order valence-electron chi connectivity index (χ0n) is 15.8. The Labute approximate surface area is 163 Å². The Hall–Kier alpha value is -3.53. The molecule has 1 heterocycles. The van der Waals surface area contributed by atoms with Crippen LogP contribution in [0.3, 0.4) is 0 Å². The molecule has 4 nitrogen and oxygen atoms in total. The molecular formula is C24H20O4. The van der Waals surface area contributed by atoms with Crippen LogP contribution in [-0.2, 0) is 0 Å². The summed E-state index contributed by atoms with van der Waals surface area (Å²) in [5, 5.41) is 0.861. The molecule has 0 saturated heterocycles. The predicted octanol–water partition coefficient (Wildman–Crippen LogP) is 5.53. The highest BCUT2D eigenvalue weighted by atomic mass is 16.5. The van der Waals surface area contributed by atoms with E-state index in [2.05, 4.69) is 0 Å². The number of fused-ring (bicyclic) bond motifs is 1. The first-order valence-electron chi connectivity index (χ1n) is 9.14. The summed E-state index contributed by atoms with van der Waals surface area (Å²) in [6, 6.07) is 22.9. The van der Waals surface area contributed by atoms with Crippen molar-refractivity contribution < 1.29 is 13.9 Å². The lowest BCUT2D eigenvalue weighted by atomic mass is 9.93. The molecule has 0 aliphatic carbocycles. The molecule has 0 amide bonds. The molecule has 140 valence electrons. The molecule has 0 radical (unpaired) electrons. The first kappa shape index (κ1) is 17.9. The molecule has 28 heavy (non-hydrogen) atoms. The Morgan fingerprint density at radius 1 is 0.821 bits per heavy atom. The van der Waals surface area contributed by atoms with Gasteiger partial charge in [0.25, 0.3) is 0 Å². The van der Waals surface area contributed by atoms with E-state index in [1.54, 1.807) is 13.2 Å². The molecule has 0 unspecified atom stereocenters. The van der Waals surface area contributed by atoms with Crippen LogP contribution >= 0.6 is 0 Å². The average molecular weight is 372 g/mol. The van der Waals surface area contributed by atoms with Crippen LogP contribution in [0.25, 0.3) is 33.2 Å². The van der Waals surface area contributed by atoms with Gasteiger partial charge in [-0.25, -0.2) is 4.79 Å². The van der Waals surface area contributed by atoms with Gasteiger partial charge in [-0.15, -0.1) is 0 Å². The van der Waals surface area contributed by atoms with Gasteiger partial charge >= 0.3 is 5.63 Å². The summed E-state index contributed by atoms with van der Waals surface area (Å²) in [4.78, 5) is 13.0. The van der Waals surface area contributed by atoms with Crippen LogP contribution in [0, 0.1) is 0 Å². The molecule has 0 aliphatic heterocycles. The lowest BCUT2D eigenvalue weighted by molar-refractivity contribution is 0.340. The van der Waals surface area contributed by atoms with E-state index in [1.165, 1.54) is 0 Å². The van der Waals surface area contributed by atoms with Crippen molar-refractivity contribution in [1.82, 2.24) is 0 Å². The molecule has 0 atom stereocenters. The van der Waals surface area contributed by atoms with E-state index < -0.39 is 0 Å². The van der Waals surface area contributed by atoms with Crippen molar-refractivity contribution in [3.05, 3.63) is 83.2 Å². The van der Waals surface area contributed by atoms with Gasteiger partial charge in [0.1, 0.15) is 17.1 Å². The fourth-order valence-corrected chi connectivity index (χ4v) is 3.36. The highest BCUT2D eigenvalue weighted by molar-refractivity contribution is 6.01. The number of rotatable bonds is 5. The number of hydrogen-bond acceptors (Lipinski definition) is 4. The molecule has 0 saturated carbocycles. The molecule has 4 rings (SSSR count).